The first-order valence-electron chi connectivity index (χ1n) is 6.07. The van der Waals surface area contributed by atoms with E-state index in [1.165, 1.54) is 12.3 Å². The maximum atomic E-state index is 11.5. The van der Waals surface area contributed by atoms with Crippen LogP contribution in [0.4, 0.5) is 5.69 Å². The van der Waals surface area contributed by atoms with E-state index in [9.17, 15) is 15.2 Å². The van der Waals surface area contributed by atoms with Crippen molar-refractivity contribution in [1.29, 1.82) is 0 Å². The standard InChI is InChI=1S/C12H16N4O3S/c1-2-3-6-13-12(20)15-14-8-9-7-10(16(18)19)4-5-11(9)17/h4-5,7-8,17H,2-3,6H2,1H3,(H2,13,15,20)/p-1/b14-8-. The second kappa shape index (κ2) is 8.05. The normalized spacial score (nSPS) is 10.4. The Hall–Kier alpha value is -2.22. The number of thiocarbonyl (C=S) groups is 1. The Morgan fingerprint density at radius 1 is 1.55 bits per heavy atom. The molecule has 0 atom stereocenters. The fourth-order valence-electron chi connectivity index (χ4n) is 1.33. The molecule has 0 saturated carbocycles. The quantitative estimate of drug-likeness (QED) is 0.269. The maximum absolute atomic E-state index is 11.5. The van der Waals surface area contributed by atoms with Crippen LogP contribution in [-0.4, -0.2) is 22.8 Å². The topological polar surface area (TPSA) is 103 Å². The summed E-state index contributed by atoms with van der Waals surface area (Å²) < 4.78 is 0. The van der Waals surface area contributed by atoms with Crippen molar-refractivity contribution in [3.63, 3.8) is 0 Å². The van der Waals surface area contributed by atoms with Gasteiger partial charge in [-0.15, -0.1) is 0 Å². The van der Waals surface area contributed by atoms with Crippen molar-refractivity contribution in [1.82, 2.24) is 10.7 Å². The summed E-state index contributed by atoms with van der Waals surface area (Å²) in [7, 11) is 0. The molecule has 1 rings (SSSR count). The van der Waals surface area contributed by atoms with Gasteiger partial charge in [0, 0.05) is 18.7 Å². The van der Waals surface area contributed by atoms with Crippen LogP contribution in [0.1, 0.15) is 25.3 Å². The number of nitro benzene ring substituents is 1. The number of nitrogens with one attached hydrogen (secondary N) is 2. The lowest BCUT2D eigenvalue weighted by atomic mass is 10.2. The van der Waals surface area contributed by atoms with Crippen LogP contribution in [0.2, 0.25) is 0 Å². The van der Waals surface area contributed by atoms with Gasteiger partial charge in [-0.2, -0.15) is 5.10 Å². The molecule has 0 fully saturated rings. The van der Waals surface area contributed by atoms with Crippen LogP contribution in [0.3, 0.4) is 0 Å². The molecule has 0 aliphatic heterocycles. The Morgan fingerprint density at radius 2 is 2.30 bits per heavy atom. The Bertz CT molecular complexity index is 519. The Balaban J connectivity index is 2.59. The number of rotatable bonds is 6. The van der Waals surface area contributed by atoms with Gasteiger partial charge in [-0.05, 0) is 24.2 Å². The maximum Gasteiger partial charge on any atom is 0.270 e. The lowest BCUT2D eigenvalue weighted by Crippen LogP contribution is -2.32. The molecule has 0 aromatic heterocycles. The molecule has 0 unspecified atom stereocenters. The first kappa shape index (κ1) is 15.8. The molecule has 1 aromatic rings. The van der Waals surface area contributed by atoms with Crippen molar-refractivity contribution in [3.05, 3.63) is 33.9 Å². The summed E-state index contributed by atoms with van der Waals surface area (Å²) in [5.41, 5.74) is 2.52. The number of nitrogens with zero attached hydrogens (tertiary/aromatic N) is 2. The Labute approximate surface area is 121 Å². The second-order valence-corrected chi connectivity index (χ2v) is 4.37. The predicted octanol–water partition coefficient (Wildman–Crippen LogP) is 1.27. The van der Waals surface area contributed by atoms with E-state index in [1.807, 2.05) is 0 Å². The van der Waals surface area contributed by atoms with Gasteiger partial charge in [0.25, 0.3) is 5.69 Å². The third-order valence-electron chi connectivity index (χ3n) is 2.39. The number of hydrazone groups is 1. The van der Waals surface area contributed by atoms with E-state index < -0.39 is 4.92 Å². The summed E-state index contributed by atoms with van der Waals surface area (Å²) in [4.78, 5) is 10.0. The van der Waals surface area contributed by atoms with E-state index >= 15 is 0 Å². The highest BCUT2D eigenvalue weighted by atomic mass is 32.1. The first-order valence-corrected chi connectivity index (χ1v) is 6.47. The number of non-ortho nitro benzene ring substituents is 1. The molecule has 20 heavy (non-hydrogen) atoms. The van der Waals surface area contributed by atoms with Crippen LogP contribution in [0.5, 0.6) is 5.75 Å². The van der Waals surface area contributed by atoms with Gasteiger partial charge < -0.3 is 10.4 Å². The molecule has 0 radical (unpaired) electrons. The van der Waals surface area contributed by atoms with Crippen molar-refractivity contribution < 1.29 is 10.0 Å². The molecule has 0 spiro atoms. The number of hydrogen-bond donors (Lipinski definition) is 2. The number of nitro groups is 1. The highest BCUT2D eigenvalue weighted by molar-refractivity contribution is 7.80. The number of unbranched alkanes of at least 4 members (excludes halogenated alkanes) is 1. The second-order valence-electron chi connectivity index (χ2n) is 3.96. The Kier molecular flexibility index (Phi) is 6.38. The van der Waals surface area contributed by atoms with Crippen molar-refractivity contribution in [3.8, 4) is 5.75 Å². The van der Waals surface area contributed by atoms with Gasteiger partial charge in [0.05, 0.1) is 11.1 Å². The monoisotopic (exact) mass is 295 g/mol. The van der Waals surface area contributed by atoms with Gasteiger partial charge in [-0.1, -0.05) is 25.2 Å². The fourth-order valence-corrected chi connectivity index (χ4v) is 1.48. The third-order valence-corrected chi connectivity index (χ3v) is 2.63. The zero-order chi connectivity index (χ0) is 15.0. The molecule has 0 aliphatic rings. The van der Waals surface area contributed by atoms with Gasteiger partial charge in [-0.3, -0.25) is 15.5 Å². The third kappa shape index (κ3) is 5.19. The van der Waals surface area contributed by atoms with Crippen molar-refractivity contribution in [2.24, 2.45) is 5.10 Å². The van der Waals surface area contributed by atoms with Crippen molar-refractivity contribution in [2.45, 2.75) is 19.8 Å². The first-order chi connectivity index (χ1) is 9.54. The van der Waals surface area contributed by atoms with Gasteiger partial charge in [0.2, 0.25) is 0 Å². The zero-order valence-corrected chi connectivity index (χ0v) is 11.8. The minimum absolute atomic E-state index is 0.128. The summed E-state index contributed by atoms with van der Waals surface area (Å²) in [5.74, 6) is -0.342. The number of hydrogen-bond acceptors (Lipinski definition) is 5. The van der Waals surface area contributed by atoms with Crippen LogP contribution < -0.4 is 15.8 Å². The number of benzene rings is 1. The van der Waals surface area contributed by atoms with Crippen LogP contribution in [-0.2, 0) is 0 Å². The molecular formula is C12H15N4O3S-. The van der Waals surface area contributed by atoms with Gasteiger partial charge in [-0.25, -0.2) is 0 Å². The zero-order valence-electron chi connectivity index (χ0n) is 11.0. The summed E-state index contributed by atoms with van der Waals surface area (Å²) in [6.45, 7) is 2.80. The average Bonchev–Trinajstić information content (AvgIpc) is 2.41. The van der Waals surface area contributed by atoms with Gasteiger partial charge >= 0.3 is 0 Å². The smallest absolute Gasteiger partial charge is 0.270 e. The van der Waals surface area contributed by atoms with Gasteiger partial charge in [0.15, 0.2) is 5.11 Å². The largest absolute Gasteiger partial charge is 0.872 e. The summed E-state index contributed by atoms with van der Waals surface area (Å²) >= 11 is 4.96. The predicted molar refractivity (Wildman–Crippen MR) is 78.8 cm³/mol. The SMILES string of the molecule is CCCCNC(=S)N/N=C\c1cc([N+](=O)[O-])ccc1[O-]. The molecule has 0 bridgehead atoms. The molecular weight excluding hydrogens is 280 g/mol. The van der Waals surface area contributed by atoms with E-state index in [2.05, 4.69) is 22.8 Å². The molecule has 2 N–H and O–H groups in total. The molecule has 0 heterocycles. The summed E-state index contributed by atoms with van der Waals surface area (Å²) in [6, 6.07) is 3.46. The van der Waals surface area contributed by atoms with E-state index in [0.29, 0.717) is 5.11 Å². The molecule has 0 amide bonds. The molecule has 108 valence electrons. The van der Waals surface area contributed by atoms with Crippen molar-refractivity contribution in [2.75, 3.05) is 6.54 Å². The van der Waals surface area contributed by atoms with E-state index in [-0.39, 0.29) is 17.0 Å². The minimum Gasteiger partial charge on any atom is -0.872 e. The molecule has 7 nitrogen and oxygen atoms in total. The molecule has 1 aromatic carbocycles. The highest BCUT2D eigenvalue weighted by Gasteiger charge is 2.05. The summed E-state index contributed by atoms with van der Waals surface area (Å²) in [5, 5.41) is 29.2. The molecule has 8 heteroatoms. The average molecular weight is 295 g/mol. The van der Waals surface area contributed by atoms with E-state index in [1.54, 1.807) is 0 Å². The highest BCUT2D eigenvalue weighted by Crippen LogP contribution is 2.18. The fraction of sp³-hybridized carbons (Fsp3) is 0.333. The van der Waals surface area contributed by atoms with Crippen LogP contribution in [0.25, 0.3) is 0 Å². The van der Waals surface area contributed by atoms with Crippen LogP contribution in [0.15, 0.2) is 23.3 Å². The van der Waals surface area contributed by atoms with E-state index in [0.717, 1.165) is 31.5 Å². The lowest BCUT2D eigenvalue weighted by Gasteiger charge is -2.09. The van der Waals surface area contributed by atoms with Crippen LogP contribution in [0, 0.1) is 10.1 Å². The molecule has 0 aliphatic carbocycles. The lowest BCUT2D eigenvalue weighted by molar-refractivity contribution is -0.385. The minimum atomic E-state index is -0.568. The van der Waals surface area contributed by atoms with Crippen LogP contribution >= 0.6 is 12.2 Å². The molecule has 0 saturated heterocycles. The summed E-state index contributed by atoms with van der Waals surface area (Å²) in [6.07, 6.45) is 3.25. The van der Waals surface area contributed by atoms with E-state index in [4.69, 9.17) is 12.2 Å². The Morgan fingerprint density at radius 3 is 2.95 bits per heavy atom. The van der Waals surface area contributed by atoms with Gasteiger partial charge in [0.1, 0.15) is 0 Å². The van der Waals surface area contributed by atoms with Crippen molar-refractivity contribution >= 4 is 29.2 Å².